The van der Waals surface area contributed by atoms with Gasteiger partial charge in [0.15, 0.2) is 0 Å². The lowest BCUT2D eigenvalue weighted by molar-refractivity contribution is -0.116. The highest BCUT2D eigenvalue weighted by Gasteiger charge is 2.16. The van der Waals surface area contributed by atoms with Gasteiger partial charge in [-0.1, -0.05) is 18.2 Å². The van der Waals surface area contributed by atoms with Crippen LogP contribution >= 0.6 is 0 Å². The van der Waals surface area contributed by atoms with E-state index in [4.69, 9.17) is 15.2 Å². The predicted molar refractivity (Wildman–Crippen MR) is 98.7 cm³/mol. The molecular formula is C20H24N2O3. The summed E-state index contributed by atoms with van der Waals surface area (Å²) in [5.74, 6) is 0.711. The number of hydrogen-bond donors (Lipinski definition) is 2. The molecule has 0 radical (unpaired) electrons. The Bertz CT molecular complexity index is 712. The third-order valence-electron chi connectivity index (χ3n) is 4.17. The number of hydrogen-bond acceptors (Lipinski definition) is 4. The first kappa shape index (κ1) is 17.3. The fourth-order valence-corrected chi connectivity index (χ4v) is 2.86. The van der Waals surface area contributed by atoms with Crippen LogP contribution < -0.4 is 15.8 Å². The second kappa shape index (κ2) is 8.53. The van der Waals surface area contributed by atoms with Crippen LogP contribution in [0.5, 0.6) is 5.75 Å². The Kier molecular flexibility index (Phi) is 5.90. The molecule has 1 heterocycles. The lowest BCUT2D eigenvalue weighted by Crippen LogP contribution is -2.16. The highest BCUT2D eigenvalue weighted by molar-refractivity contribution is 5.91. The van der Waals surface area contributed by atoms with Crippen molar-refractivity contribution in [2.24, 2.45) is 0 Å². The third-order valence-corrected chi connectivity index (χ3v) is 4.17. The maximum absolute atomic E-state index is 12.1. The van der Waals surface area contributed by atoms with E-state index in [1.807, 2.05) is 48.5 Å². The van der Waals surface area contributed by atoms with Crippen LogP contribution in [0.2, 0.25) is 0 Å². The summed E-state index contributed by atoms with van der Waals surface area (Å²) in [5, 5.41) is 2.91. The van der Waals surface area contributed by atoms with Gasteiger partial charge in [0, 0.05) is 30.5 Å². The van der Waals surface area contributed by atoms with E-state index in [2.05, 4.69) is 5.32 Å². The molecule has 1 atom stereocenters. The Balaban J connectivity index is 1.48. The number of nitrogens with one attached hydrogen (secondary N) is 1. The molecule has 0 spiro atoms. The van der Waals surface area contributed by atoms with Crippen LogP contribution in [-0.2, 0) is 16.0 Å². The molecule has 0 bridgehead atoms. The van der Waals surface area contributed by atoms with Gasteiger partial charge < -0.3 is 20.5 Å². The van der Waals surface area contributed by atoms with Crippen molar-refractivity contribution in [1.29, 1.82) is 0 Å². The first-order chi connectivity index (χ1) is 12.2. The van der Waals surface area contributed by atoms with Crippen LogP contribution in [0.4, 0.5) is 11.4 Å². The van der Waals surface area contributed by atoms with Crippen molar-refractivity contribution in [3.05, 3.63) is 54.1 Å². The summed E-state index contributed by atoms with van der Waals surface area (Å²) in [5.41, 5.74) is 8.27. The molecule has 132 valence electrons. The van der Waals surface area contributed by atoms with Crippen LogP contribution in [0.25, 0.3) is 0 Å². The Morgan fingerprint density at radius 2 is 2.12 bits per heavy atom. The molecule has 2 aromatic carbocycles. The minimum atomic E-state index is -0.0290. The van der Waals surface area contributed by atoms with E-state index in [1.165, 1.54) is 0 Å². The number of carbonyl (C=O) groups excluding carboxylic acids is 1. The van der Waals surface area contributed by atoms with E-state index in [0.29, 0.717) is 25.1 Å². The fraction of sp³-hybridized carbons (Fsp3) is 0.350. The number of aryl methyl sites for hydroxylation is 1. The number of ether oxygens (including phenoxy) is 2. The van der Waals surface area contributed by atoms with E-state index in [1.54, 1.807) is 0 Å². The minimum Gasteiger partial charge on any atom is -0.491 e. The average Bonchev–Trinajstić information content (AvgIpc) is 3.12. The molecule has 0 aromatic heterocycles. The molecule has 2 aromatic rings. The molecular weight excluding hydrogens is 316 g/mol. The van der Waals surface area contributed by atoms with Gasteiger partial charge in [-0.2, -0.15) is 0 Å². The van der Waals surface area contributed by atoms with E-state index in [0.717, 1.165) is 36.4 Å². The van der Waals surface area contributed by atoms with Crippen LogP contribution in [0, 0.1) is 0 Å². The Morgan fingerprint density at radius 3 is 2.92 bits per heavy atom. The standard InChI is InChI=1S/C20H24N2O3/c21-16-5-1-4-15(12-16)9-10-20(23)22-17-6-2-7-18(13-17)25-14-19-8-3-11-24-19/h1-2,4-7,12-13,19H,3,8-11,14,21H2,(H,22,23). The summed E-state index contributed by atoms with van der Waals surface area (Å²) < 4.78 is 11.3. The Morgan fingerprint density at radius 1 is 1.24 bits per heavy atom. The lowest BCUT2D eigenvalue weighted by Gasteiger charge is -2.12. The number of anilines is 2. The molecule has 25 heavy (non-hydrogen) atoms. The SMILES string of the molecule is Nc1cccc(CCC(=O)Nc2cccc(OCC3CCCO3)c2)c1. The lowest BCUT2D eigenvalue weighted by atomic mass is 10.1. The number of benzene rings is 2. The first-order valence-corrected chi connectivity index (χ1v) is 8.68. The summed E-state index contributed by atoms with van der Waals surface area (Å²) in [6.45, 7) is 1.37. The maximum Gasteiger partial charge on any atom is 0.224 e. The summed E-state index contributed by atoms with van der Waals surface area (Å²) >= 11 is 0. The summed E-state index contributed by atoms with van der Waals surface area (Å²) in [7, 11) is 0. The van der Waals surface area contributed by atoms with Gasteiger partial charge in [0.2, 0.25) is 5.91 Å². The third kappa shape index (κ3) is 5.50. The monoisotopic (exact) mass is 340 g/mol. The van der Waals surface area contributed by atoms with Gasteiger partial charge in [-0.3, -0.25) is 4.79 Å². The first-order valence-electron chi connectivity index (χ1n) is 8.68. The zero-order chi connectivity index (χ0) is 17.5. The van der Waals surface area contributed by atoms with Crippen molar-refractivity contribution in [2.75, 3.05) is 24.3 Å². The molecule has 1 aliphatic rings. The number of nitrogen functional groups attached to an aromatic ring is 1. The summed E-state index contributed by atoms with van der Waals surface area (Å²) in [6, 6.07) is 15.1. The quantitative estimate of drug-likeness (QED) is 0.758. The molecule has 0 aliphatic carbocycles. The molecule has 1 unspecified atom stereocenters. The molecule has 0 saturated carbocycles. The predicted octanol–water partition coefficient (Wildman–Crippen LogP) is 3.40. The number of amides is 1. The van der Waals surface area contributed by atoms with Gasteiger partial charge in [-0.25, -0.2) is 0 Å². The van der Waals surface area contributed by atoms with E-state index >= 15 is 0 Å². The molecule has 5 heteroatoms. The van der Waals surface area contributed by atoms with Crippen molar-refractivity contribution in [3.8, 4) is 5.75 Å². The van der Waals surface area contributed by atoms with E-state index in [-0.39, 0.29) is 12.0 Å². The summed E-state index contributed by atoms with van der Waals surface area (Å²) in [4.78, 5) is 12.1. The average molecular weight is 340 g/mol. The van der Waals surface area contributed by atoms with E-state index in [9.17, 15) is 4.79 Å². The largest absolute Gasteiger partial charge is 0.491 e. The fourth-order valence-electron chi connectivity index (χ4n) is 2.86. The molecule has 3 rings (SSSR count). The van der Waals surface area contributed by atoms with Crippen molar-refractivity contribution < 1.29 is 14.3 Å². The minimum absolute atomic E-state index is 0.0290. The maximum atomic E-state index is 12.1. The zero-order valence-corrected chi connectivity index (χ0v) is 14.2. The summed E-state index contributed by atoms with van der Waals surface area (Å²) in [6.07, 6.45) is 3.38. The molecule has 3 N–H and O–H groups in total. The molecule has 5 nitrogen and oxygen atoms in total. The Hall–Kier alpha value is -2.53. The van der Waals surface area contributed by atoms with Gasteiger partial charge >= 0.3 is 0 Å². The molecule has 1 saturated heterocycles. The van der Waals surface area contributed by atoms with Crippen molar-refractivity contribution in [3.63, 3.8) is 0 Å². The van der Waals surface area contributed by atoms with Gasteiger partial charge in [-0.05, 0) is 49.1 Å². The van der Waals surface area contributed by atoms with Crippen LogP contribution in [0.3, 0.4) is 0 Å². The van der Waals surface area contributed by atoms with Crippen molar-refractivity contribution in [2.45, 2.75) is 31.8 Å². The zero-order valence-electron chi connectivity index (χ0n) is 14.2. The second-order valence-corrected chi connectivity index (χ2v) is 6.27. The van der Waals surface area contributed by atoms with Gasteiger partial charge in [0.05, 0.1) is 6.10 Å². The van der Waals surface area contributed by atoms with Gasteiger partial charge in [-0.15, -0.1) is 0 Å². The highest BCUT2D eigenvalue weighted by atomic mass is 16.5. The van der Waals surface area contributed by atoms with Crippen molar-refractivity contribution >= 4 is 17.3 Å². The van der Waals surface area contributed by atoms with Crippen LogP contribution in [0.1, 0.15) is 24.8 Å². The topological polar surface area (TPSA) is 73.6 Å². The van der Waals surface area contributed by atoms with Gasteiger partial charge in [0.1, 0.15) is 12.4 Å². The van der Waals surface area contributed by atoms with Crippen molar-refractivity contribution in [1.82, 2.24) is 0 Å². The normalized spacial score (nSPS) is 16.6. The molecule has 1 fully saturated rings. The molecule has 1 aliphatic heterocycles. The van der Waals surface area contributed by atoms with Crippen LogP contribution in [-0.4, -0.2) is 25.2 Å². The van der Waals surface area contributed by atoms with Gasteiger partial charge in [0.25, 0.3) is 0 Å². The number of nitrogens with two attached hydrogens (primary N) is 1. The number of carbonyl (C=O) groups is 1. The molecule has 1 amide bonds. The van der Waals surface area contributed by atoms with E-state index < -0.39 is 0 Å². The highest BCUT2D eigenvalue weighted by Crippen LogP contribution is 2.20. The van der Waals surface area contributed by atoms with Crippen LogP contribution in [0.15, 0.2) is 48.5 Å². The second-order valence-electron chi connectivity index (χ2n) is 6.27. The Labute approximate surface area is 148 Å². The smallest absolute Gasteiger partial charge is 0.224 e. The number of rotatable bonds is 7.